The first-order valence-electron chi connectivity index (χ1n) is 6.07. The molecule has 1 aromatic rings. The van der Waals surface area contributed by atoms with Crippen molar-refractivity contribution in [3.8, 4) is 0 Å². The van der Waals surface area contributed by atoms with E-state index in [0.29, 0.717) is 0 Å². The molecule has 0 unspecified atom stereocenters. The maximum atomic E-state index is 5.39. The highest BCUT2D eigenvalue weighted by Gasteiger charge is 2.34. The van der Waals surface area contributed by atoms with Gasteiger partial charge in [-0.25, -0.2) is 10.8 Å². The summed E-state index contributed by atoms with van der Waals surface area (Å²) in [7, 11) is 0. The molecule has 16 heavy (non-hydrogen) atoms. The van der Waals surface area contributed by atoms with Crippen LogP contribution in [0.15, 0.2) is 18.2 Å². The Morgan fingerprint density at radius 3 is 2.75 bits per heavy atom. The number of nitrogens with two attached hydrogens (primary N) is 1. The van der Waals surface area contributed by atoms with Gasteiger partial charge in [0.05, 0.1) is 0 Å². The third kappa shape index (κ3) is 2.11. The number of pyridine rings is 1. The molecule has 0 spiro atoms. The Kier molecular flexibility index (Phi) is 2.44. The third-order valence-corrected chi connectivity index (χ3v) is 3.32. The molecular weight excluding hydrogens is 200 g/mol. The second kappa shape index (κ2) is 3.94. The van der Waals surface area contributed by atoms with Crippen LogP contribution in [-0.2, 0) is 0 Å². The number of hydrogen-bond acceptors (Lipinski definition) is 4. The van der Waals surface area contributed by atoms with Gasteiger partial charge < -0.3 is 10.3 Å². The lowest BCUT2D eigenvalue weighted by atomic mass is 10.3. The molecule has 4 nitrogen and oxygen atoms in total. The van der Waals surface area contributed by atoms with E-state index in [0.717, 1.165) is 23.6 Å². The zero-order valence-electron chi connectivity index (χ0n) is 9.39. The van der Waals surface area contributed by atoms with Crippen LogP contribution in [0.3, 0.4) is 0 Å². The standard InChI is InChI=1S/C12H18N4/c13-15-11-2-1-3-12(14-11)16(10-6-7-10)8-9-4-5-9/h1-3,9-10H,4-8,13H2,(H,14,15). The van der Waals surface area contributed by atoms with Crippen molar-refractivity contribution < 1.29 is 0 Å². The monoisotopic (exact) mass is 218 g/mol. The smallest absolute Gasteiger partial charge is 0.142 e. The molecular formula is C12H18N4. The van der Waals surface area contributed by atoms with E-state index in [2.05, 4.69) is 21.4 Å². The third-order valence-electron chi connectivity index (χ3n) is 3.32. The average Bonchev–Trinajstić information content (AvgIpc) is 3.16. The molecule has 0 aromatic carbocycles. The molecule has 86 valence electrons. The number of anilines is 2. The highest BCUT2D eigenvalue weighted by atomic mass is 15.3. The van der Waals surface area contributed by atoms with Gasteiger partial charge in [0.2, 0.25) is 0 Å². The van der Waals surface area contributed by atoms with Gasteiger partial charge >= 0.3 is 0 Å². The molecule has 0 radical (unpaired) electrons. The van der Waals surface area contributed by atoms with Crippen LogP contribution in [-0.4, -0.2) is 17.6 Å². The van der Waals surface area contributed by atoms with Gasteiger partial charge in [-0.05, 0) is 43.7 Å². The minimum Gasteiger partial charge on any atom is -0.353 e. The van der Waals surface area contributed by atoms with Gasteiger partial charge in [0.25, 0.3) is 0 Å². The predicted molar refractivity (Wildman–Crippen MR) is 65.1 cm³/mol. The van der Waals surface area contributed by atoms with Crippen molar-refractivity contribution >= 4 is 11.6 Å². The van der Waals surface area contributed by atoms with Gasteiger partial charge in [-0.1, -0.05) is 6.07 Å². The van der Waals surface area contributed by atoms with Crippen LogP contribution in [0.4, 0.5) is 11.6 Å². The van der Waals surface area contributed by atoms with Crippen molar-refractivity contribution in [2.75, 3.05) is 16.9 Å². The summed E-state index contributed by atoms with van der Waals surface area (Å²) in [5, 5.41) is 0. The second-order valence-corrected chi connectivity index (χ2v) is 4.85. The van der Waals surface area contributed by atoms with Crippen LogP contribution in [0.2, 0.25) is 0 Å². The van der Waals surface area contributed by atoms with E-state index in [9.17, 15) is 0 Å². The summed E-state index contributed by atoms with van der Waals surface area (Å²) in [6, 6.07) is 6.72. The van der Waals surface area contributed by atoms with Crippen molar-refractivity contribution in [1.82, 2.24) is 4.98 Å². The summed E-state index contributed by atoms with van der Waals surface area (Å²) in [6.07, 6.45) is 5.40. The average molecular weight is 218 g/mol. The summed E-state index contributed by atoms with van der Waals surface area (Å²) < 4.78 is 0. The van der Waals surface area contributed by atoms with E-state index in [1.165, 1.54) is 32.2 Å². The van der Waals surface area contributed by atoms with Gasteiger partial charge in [0.1, 0.15) is 11.6 Å². The molecule has 2 aliphatic rings. The zero-order valence-corrected chi connectivity index (χ0v) is 9.39. The van der Waals surface area contributed by atoms with Crippen LogP contribution in [0.5, 0.6) is 0 Å². The Bertz CT molecular complexity index is 371. The van der Waals surface area contributed by atoms with E-state index >= 15 is 0 Å². The number of nitrogens with one attached hydrogen (secondary N) is 1. The lowest BCUT2D eigenvalue weighted by Gasteiger charge is -2.23. The van der Waals surface area contributed by atoms with Crippen LogP contribution in [0.25, 0.3) is 0 Å². The lowest BCUT2D eigenvalue weighted by Crippen LogP contribution is -2.29. The van der Waals surface area contributed by atoms with Crippen molar-refractivity contribution in [1.29, 1.82) is 0 Å². The Morgan fingerprint density at radius 2 is 2.12 bits per heavy atom. The van der Waals surface area contributed by atoms with Gasteiger partial charge in [0.15, 0.2) is 0 Å². The topological polar surface area (TPSA) is 54.2 Å². The highest BCUT2D eigenvalue weighted by molar-refractivity contribution is 5.48. The molecule has 0 aliphatic heterocycles. The molecule has 0 bridgehead atoms. The molecule has 2 fully saturated rings. The Labute approximate surface area is 95.8 Å². The SMILES string of the molecule is NNc1cccc(N(CC2CC2)C2CC2)n1. The lowest BCUT2D eigenvalue weighted by molar-refractivity contribution is 0.709. The molecule has 0 amide bonds. The van der Waals surface area contributed by atoms with Crippen molar-refractivity contribution in [2.45, 2.75) is 31.7 Å². The largest absolute Gasteiger partial charge is 0.353 e. The van der Waals surface area contributed by atoms with E-state index in [4.69, 9.17) is 5.84 Å². The number of rotatable bonds is 5. The Morgan fingerprint density at radius 1 is 1.31 bits per heavy atom. The van der Waals surface area contributed by atoms with Gasteiger partial charge in [-0.3, -0.25) is 0 Å². The van der Waals surface area contributed by atoms with E-state index in [1.54, 1.807) is 0 Å². The van der Waals surface area contributed by atoms with Crippen molar-refractivity contribution in [2.24, 2.45) is 11.8 Å². The first-order valence-corrected chi connectivity index (χ1v) is 6.07. The molecule has 1 heterocycles. The minimum atomic E-state index is 0.723. The van der Waals surface area contributed by atoms with Gasteiger partial charge in [-0.2, -0.15) is 0 Å². The maximum Gasteiger partial charge on any atom is 0.142 e. The molecule has 2 saturated carbocycles. The molecule has 2 aliphatic carbocycles. The van der Waals surface area contributed by atoms with Crippen LogP contribution in [0.1, 0.15) is 25.7 Å². The summed E-state index contributed by atoms with van der Waals surface area (Å²) in [6.45, 7) is 1.17. The molecule has 0 saturated heterocycles. The summed E-state index contributed by atoms with van der Waals surface area (Å²) >= 11 is 0. The first-order chi connectivity index (χ1) is 7.86. The molecule has 1 aromatic heterocycles. The Balaban J connectivity index is 1.79. The summed E-state index contributed by atoms with van der Waals surface area (Å²) in [5.74, 6) is 8.12. The Hall–Kier alpha value is -1.29. The summed E-state index contributed by atoms with van der Waals surface area (Å²) in [5.41, 5.74) is 2.61. The number of hydrazine groups is 1. The van der Waals surface area contributed by atoms with E-state index in [1.807, 2.05) is 12.1 Å². The van der Waals surface area contributed by atoms with Crippen LogP contribution in [0, 0.1) is 5.92 Å². The fraction of sp³-hybridized carbons (Fsp3) is 0.583. The van der Waals surface area contributed by atoms with Gasteiger partial charge in [-0.15, -0.1) is 0 Å². The minimum absolute atomic E-state index is 0.723. The number of hydrogen-bond donors (Lipinski definition) is 2. The number of nitrogen functional groups attached to an aromatic ring is 1. The zero-order chi connectivity index (χ0) is 11.0. The molecule has 4 heteroatoms. The number of nitrogens with zero attached hydrogens (tertiary/aromatic N) is 2. The highest BCUT2D eigenvalue weighted by Crippen LogP contribution is 2.37. The first kappa shape index (κ1) is 9.90. The number of aromatic nitrogens is 1. The summed E-state index contributed by atoms with van der Waals surface area (Å²) in [4.78, 5) is 6.98. The predicted octanol–water partition coefficient (Wildman–Crippen LogP) is 1.75. The second-order valence-electron chi connectivity index (χ2n) is 4.85. The maximum absolute atomic E-state index is 5.39. The van der Waals surface area contributed by atoms with E-state index < -0.39 is 0 Å². The van der Waals surface area contributed by atoms with Crippen LogP contribution < -0.4 is 16.2 Å². The fourth-order valence-corrected chi connectivity index (χ4v) is 2.06. The normalized spacial score (nSPS) is 19.6. The fourth-order valence-electron chi connectivity index (χ4n) is 2.06. The molecule has 0 atom stereocenters. The molecule has 3 rings (SSSR count). The van der Waals surface area contributed by atoms with Gasteiger partial charge in [0, 0.05) is 12.6 Å². The van der Waals surface area contributed by atoms with Crippen molar-refractivity contribution in [3.05, 3.63) is 18.2 Å². The quantitative estimate of drug-likeness (QED) is 0.584. The van der Waals surface area contributed by atoms with Crippen LogP contribution >= 0.6 is 0 Å². The molecule has 3 N–H and O–H groups in total. The van der Waals surface area contributed by atoms with Crippen molar-refractivity contribution in [3.63, 3.8) is 0 Å². The van der Waals surface area contributed by atoms with E-state index in [-0.39, 0.29) is 0 Å².